The van der Waals surface area contributed by atoms with Crippen LogP contribution in [-0.4, -0.2) is 46.4 Å². The van der Waals surface area contributed by atoms with E-state index in [1.165, 1.54) is 37.7 Å². The van der Waals surface area contributed by atoms with Crippen LogP contribution in [0.1, 0.15) is 35.8 Å². The number of nitrogens with zero attached hydrogens (tertiary/aromatic N) is 3. The van der Waals surface area contributed by atoms with Crippen molar-refractivity contribution < 1.29 is 27.3 Å². The highest BCUT2D eigenvalue weighted by atomic mass is 35.5. The van der Waals surface area contributed by atoms with Crippen LogP contribution < -0.4 is 21.1 Å². The molecule has 5 N–H and O–H groups in total. The third-order valence-corrected chi connectivity index (χ3v) is 7.79. The summed E-state index contributed by atoms with van der Waals surface area (Å²) in [7, 11) is -2.54. The number of amides is 2. The lowest BCUT2D eigenvalue weighted by molar-refractivity contribution is 0.104. The molecule has 5 rings (SSSR count). The van der Waals surface area contributed by atoms with Crippen molar-refractivity contribution in [2.24, 2.45) is 0 Å². The number of hydrogen-bond donors (Lipinski definition) is 4. The van der Waals surface area contributed by atoms with Crippen LogP contribution in [0, 0.1) is 0 Å². The van der Waals surface area contributed by atoms with Crippen LogP contribution >= 0.6 is 23.2 Å². The molecule has 15 heteroatoms. The second-order valence-corrected chi connectivity index (χ2v) is 12.0. The van der Waals surface area contributed by atoms with E-state index in [1.807, 2.05) is 18.4 Å². The van der Waals surface area contributed by atoms with Crippen LogP contribution in [0.2, 0.25) is 10.0 Å². The quantitative estimate of drug-likeness (QED) is 0.108. The van der Waals surface area contributed by atoms with Gasteiger partial charge in [0.05, 0.1) is 39.4 Å². The van der Waals surface area contributed by atoms with Gasteiger partial charge in [-0.05, 0) is 62.4 Å². The normalized spacial score (nSPS) is 11.1. The average Bonchev–Trinajstić information content (AvgIpc) is 3.40. The van der Waals surface area contributed by atoms with Gasteiger partial charge < -0.3 is 25.7 Å². The lowest BCUT2D eigenvalue weighted by atomic mass is 10.0. The van der Waals surface area contributed by atoms with Crippen LogP contribution in [0.15, 0.2) is 84.1 Å². The smallest absolute Gasteiger partial charge is 0.323 e. The van der Waals surface area contributed by atoms with E-state index < -0.39 is 16.1 Å². The largest absolute Gasteiger partial charge is 0.495 e. The number of halogens is 2. The van der Waals surface area contributed by atoms with Crippen molar-refractivity contribution in [3.8, 4) is 5.75 Å². The maximum Gasteiger partial charge on any atom is 0.323 e. The van der Waals surface area contributed by atoms with Crippen LogP contribution in [0.4, 0.5) is 22.0 Å². The van der Waals surface area contributed by atoms with Crippen LogP contribution in [0.25, 0.3) is 11.0 Å². The van der Waals surface area contributed by atoms with Crippen molar-refractivity contribution >= 4 is 73.4 Å². The Morgan fingerprint density at radius 2 is 1.67 bits per heavy atom. The SMILES string of the molecule is COc1ccc(C(=O)c2cn(C(C)C)c3ncnc(N)c23)cc1NC(=O)Nc1ccc(Cl)cc1Cl.O=S(=O)(O)c1ccccc1. The Labute approximate surface area is 268 Å². The molecule has 0 fully saturated rings. The number of rotatable bonds is 7. The van der Waals surface area contributed by atoms with E-state index in [0.29, 0.717) is 38.6 Å². The zero-order valence-electron chi connectivity index (χ0n) is 24.2. The molecule has 0 spiro atoms. The Morgan fingerprint density at radius 3 is 2.27 bits per heavy atom. The molecule has 2 heterocycles. The predicted octanol–water partition coefficient (Wildman–Crippen LogP) is 6.72. The number of nitrogens with one attached hydrogen (secondary N) is 2. The van der Waals surface area contributed by atoms with E-state index in [-0.39, 0.29) is 33.2 Å². The fourth-order valence-corrected chi connectivity index (χ4v) is 5.19. The van der Waals surface area contributed by atoms with E-state index in [4.69, 9.17) is 38.2 Å². The van der Waals surface area contributed by atoms with Gasteiger partial charge in [-0.1, -0.05) is 41.4 Å². The number of nitrogens with two attached hydrogens (primary N) is 1. The number of methoxy groups -OCH3 is 1. The number of aromatic nitrogens is 3. The fraction of sp³-hybridized carbons (Fsp3) is 0.133. The monoisotopic (exact) mass is 670 g/mol. The highest BCUT2D eigenvalue weighted by Gasteiger charge is 2.22. The molecule has 0 saturated heterocycles. The summed E-state index contributed by atoms with van der Waals surface area (Å²) in [6.07, 6.45) is 3.08. The molecule has 0 bridgehead atoms. The third-order valence-electron chi connectivity index (χ3n) is 6.37. The first-order valence-electron chi connectivity index (χ1n) is 13.2. The van der Waals surface area contributed by atoms with E-state index in [0.717, 1.165) is 0 Å². The molecule has 5 aromatic rings. The molecule has 2 aromatic heterocycles. The Morgan fingerprint density at radius 1 is 0.978 bits per heavy atom. The number of hydrogen-bond acceptors (Lipinski definition) is 8. The number of urea groups is 1. The Bertz CT molecular complexity index is 1980. The first-order valence-corrected chi connectivity index (χ1v) is 15.4. The number of fused-ring (bicyclic) bond motifs is 1. The fourth-order valence-electron chi connectivity index (χ4n) is 4.24. The molecule has 0 aliphatic heterocycles. The molecule has 45 heavy (non-hydrogen) atoms. The number of carbonyl (C=O) groups excluding carboxylic acids is 2. The summed E-state index contributed by atoms with van der Waals surface area (Å²) in [5, 5.41) is 6.55. The van der Waals surface area contributed by atoms with E-state index in [1.54, 1.807) is 48.7 Å². The van der Waals surface area contributed by atoms with Crippen molar-refractivity contribution in [3.05, 3.63) is 100 Å². The topological polar surface area (TPSA) is 179 Å². The number of carbonyl (C=O) groups is 2. The van der Waals surface area contributed by atoms with Crippen molar-refractivity contribution in [2.45, 2.75) is 24.8 Å². The third kappa shape index (κ3) is 7.88. The van der Waals surface area contributed by atoms with Gasteiger partial charge in [-0.3, -0.25) is 9.35 Å². The summed E-state index contributed by atoms with van der Waals surface area (Å²) in [6, 6.07) is 16.3. The molecule has 0 saturated carbocycles. The minimum Gasteiger partial charge on any atom is -0.495 e. The number of ketones is 1. The van der Waals surface area contributed by atoms with Gasteiger partial charge in [0.1, 0.15) is 23.5 Å². The zero-order chi connectivity index (χ0) is 32.9. The minimum atomic E-state index is -4.00. The molecule has 3 aromatic carbocycles. The number of nitrogen functional groups attached to an aromatic ring is 1. The van der Waals surface area contributed by atoms with Gasteiger partial charge in [0.15, 0.2) is 5.78 Å². The summed E-state index contributed by atoms with van der Waals surface area (Å²) in [5.74, 6) is 0.276. The van der Waals surface area contributed by atoms with Gasteiger partial charge >= 0.3 is 6.03 Å². The van der Waals surface area contributed by atoms with Gasteiger partial charge in [0.2, 0.25) is 0 Å². The van der Waals surface area contributed by atoms with E-state index >= 15 is 0 Å². The highest BCUT2D eigenvalue weighted by molar-refractivity contribution is 7.85. The standard InChI is InChI=1S/C24H22Cl2N6O3.C6H6O3S/c1-12(2)32-10-15(20-22(27)28-11-29-23(20)32)21(33)13-4-7-19(35-3)18(8-13)31-24(34)30-17-6-5-14(25)9-16(17)26;7-10(8,9)6-4-2-1-3-5-6/h4-12H,1-3H3,(H2,27,28,29)(H2,30,31,34);1-5H,(H,7,8,9). The van der Waals surface area contributed by atoms with Gasteiger partial charge in [-0.25, -0.2) is 14.8 Å². The first-order chi connectivity index (χ1) is 21.3. The number of benzene rings is 3. The van der Waals surface area contributed by atoms with Crippen molar-refractivity contribution in [1.82, 2.24) is 14.5 Å². The van der Waals surface area contributed by atoms with Crippen molar-refractivity contribution in [2.75, 3.05) is 23.5 Å². The van der Waals surface area contributed by atoms with Crippen molar-refractivity contribution in [1.29, 1.82) is 0 Å². The molecule has 0 aliphatic carbocycles. The molecule has 2 amide bonds. The van der Waals surface area contributed by atoms with Gasteiger partial charge in [-0.2, -0.15) is 8.42 Å². The van der Waals surface area contributed by atoms with Crippen LogP contribution in [-0.2, 0) is 10.1 Å². The summed E-state index contributed by atoms with van der Waals surface area (Å²) >= 11 is 12.0. The van der Waals surface area contributed by atoms with Crippen molar-refractivity contribution in [3.63, 3.8) is 0 Å². The number of anilines is 3. The summed E-state index contributed by atoms with van der Waals surface area (Å²) in [6.45, 7) is 3.96. The van der Waals surface area contributed by atoms with E-state index in [9.17, 15) is 18.0 Å². The molecular formula is C30H28Cl2N6O6S. The van der Waals surface area contributed by atoms with E-state index in [2.05, 4.69) is 20.6 Å². The Balaban J connectivity index is 0.000000392. The average molecular weight is 672 g/mol. The van der Waals surface area contributed by atoms with Gasteiger partial charge in [0.25, 0.3) is 10.1 Å². The van der Waals surface area contributed by atoms with Gasteiger partial charge in [-0.15, -0.1) is 0 Å². The summed E-state index contributed by atoms with van der Waals surface area (Å²) in [5.41, 5.74) is 8.01. The molecule has 12 nitrogen and oxygen atoms in total. The molecule has 0 aliphatic rings. The summed E-state index contributed by atoms with van der Waals surface area (Å²) < 4.78 is 36.5. The number of ether oxygens (including phenoxy) is 1. The molecule has 0 radical (unpaired) electrons. The highest BCUT2D eigenvalue weighted by Crippen LogP contribution is 2.32. The first kappa shape index (κ1) is 33.2. The van der Waals surface area contributed by atoms with Gasteiger partial charge in [0, 0.05) is 22.8 Å². The molecule has 234 valence electrons. The predicted molar refractivity (Wildman–Crippen MR) is 174 cm³/mol. The Kier molecular flexibility index (Phi) is 10.3. The van der Waals surface area contributed by atoms with Crippen LogP contribution in [0.3, 0.4) is 0 Å². The lowest BCUT2D eigenvalue weighted by Gasteiger charge is -2.13. The maximum absolute atomic E-state index is 13.5. The lowest BCUT2D eigenvalue weighted by Crippen LogP contribution is -2.20. The summed E-state index contributed by atoms with van der Waals surface area (Å²) in [4.78, 5) is 34.5. The molecule has 0 atom stereocenters. The second kappa shape index (κ2) is 13.9. The second-order valence-electron chi connectivity index (χ2n) is 9.74. The molecule has 0 unspecified atom stereocenters. The van der Waals surface area contributed by atoms with Crippen LogP contribution in [0.5, 0.6) is 5.75 Å². The molecular weight excluding hydrogens is 643 g/mol. The maximum atomic E-state index is 13.5. The minimum absolute atomic E-state index is 0.0461. The Hall–Kier alpha value is -4.69. The zero-order valence-corrected chi connectivity index (χ0v) is 26.5.